The molecule has 0 bridgehead atoms. The maximum atomic E-state index is 14.0. The summed E-state index contributed by atoms with van der Waals surface area (Å²) in [5.74, 6) is 0.500. The standard InChI is InChI=1S/C28H34Cl2F2N4O3/c1-34(2)25(37)22-6-7-23(33-24(22)30)35-12-8-18(9-13-35)16-19-10-14-36(15-11-19)27(38)28(39,26(31)32)20-4-3-5-21(29)17-20/h3-7,17-19,26,39H,8-16H2,1-2H3/t28-/m0/s1. The second-order valence-electron chi connectivity index (χ2n) is 10.7. The van der Waals surface area contributed by atoms with Crippen molar-refractivity contribution in [3.8, 4) is 0 Å². The molecule has 0 radical (unpaired) electrons. The molecule has 0 spiro atoms. The number of carbonyl (C=O) groups excluding carboxylic acids is 2. The zero-order valence-corrected chi connectivity index (χ0v) is 23.6. The fraction of sp³-hybridized carbons (Fsp3) is 0.536. The van der Waals surface area contributed by atoms with Crippen LogP contribution in [0.1, 0.15) is 48.0 Å². The Morgan fingerprint density at radius 3 is 2.21 bits per heavy atom. The van der Waals surface area contributed by atoms with E-state index in [2.05, 4.69) is 9.88 Å². The van der Waals surface area contributed by atoms with Crippen molar-refractivity contribution in [1.82, 2.24) is 14.8 Å². The zero-order chi connectivity index (χ0) is 28.3. The van der Waals surface area contributed by atoms with E-state index in [-0.39, 0.29) is 21.6 Å². The van der Waals surface area contributed by atoms with Crippen LogP contribution >= 0.6 is 23.2 Å². The lowest BCUT2D eigenvalue weighted by molar-refractivity contribution is -0.173. The minimum absolute atomic E-state index is 0.180. The van der Waals surface area contributed by atoms with E-state index in [1.54, 1.807) is 20.2 Å². The first kappa shape index (κ1) is 29.5. The molecule has 0 saturated carbocycles. The number of amides is 2. The van der Waals surface area contributed by atoms with E-state index in [4.69, 9.17) is 23.2 Å². The van der Waals surface area contributed by atoms with Crippen LogP contribution in [-0.2, 0) is 10.4 Å². The van der Waals surface area contributed by atoms with Gasteiger partial charge >= 0.3 is 0 Å². The molecule has 212 valence electrons. The highest BCUT2D eigenvalue weighted by atomic mass is 35.5. The summed E-state index contributed by atoms with van der Waals surface area (Å²) < 4.78 is 28.0. The molecule has 7 nitrogen and oxygen atoms in total. The van der Waals surface area contributed by atoms with Crippen LogP contribution in [0, 0.1) is 11.8 Å². The number of nitrogens with zero attached hydrogens (tertiary/aromatic N) is 4. The third kappa shape index (κ3) is 6.47. The zero-order valence-electron chi connectivity index (χ0n) is 22.1. The lowest BCUT2D eigenvalue weighted by Gasteiger charge is -2.39. The van der Waals surface area contributed by atoms with Gasteiger partial charge in [0, 0.05) is 50.9 Å². The van der Waals surface area contributed by atoms with Crippen molar-refractivity contribution in [2.24, 2.45) is 11.8 Å². The van der Waals surface area contributed by atoms with Crippen LogP contribution in [0.4, 0.5) is 14.6 Å². The minimum Gasteiger partial charge on any atom is -0.371 e. The summed E-state index contributed by atoms with van der Waals surface area (Å²) in [7, 11) is 3.34. The van der Waals surface area contributed by atoms with Crippen molar-refractivity contribution in [2.75, 3.05) is 45.2 Å². The van der Waals surface area contributed by atoms with Crippen molar-refractivity contribution < 1.29 is 23.5 Å². The van der Waals surface area contributed by atoms with E-state index in [1.807, 2.05) is 6.07 Å². The smallest absolute Gasteiger partial charge is 0.280 e. The van der Waals surface area contributed by atoms with Gasteiger partial charge in [-0.2, -0.15) is 0 Å². The van der Waals surface area contributed by atoms with Crippen molar-refractivity contribution in [3.05, 3.63) is 57.7 Å². The SMILES string of the molecule is CN(C)C(=O)c1ccc(N2CCC(CC3CCN(C(=O)[C@](O)(c4cccc(Cl)c4)C(F)F)CC3)CC2)nc1Cl. The van der Waals surface area contributed by atoms with Crippen molar-refractivity contribution in [2.45, 2.75) is 44.1 Å². The van der Waals surface area contributed by atoms with Gasteiger partial charge in [-0.05, 0) is 68.2 Å². The molecule has 2 aliphatic rings. The number of anilines is 1. The average Bonchev–Trinajstić information content (AvgIpc) is 2.92. The van der Waals surface area contributed by atoms with Gasteiger partial charge in [-0.15, -0.1) is 0 Å². The quantitative estimate of drug-likeness (QED) is 0.460. The van der Waals surface area contributed by atoms with Crippen LogP contribution in [0.3, 0.4) is 0 Å². The van der Waals surface area contributed by atoms with Crippen LogP contribution in [0.25, 0.3) is 0 Å². The molecule has 2 saturated heterocycles. The second kappa shape index (κ2) is 12.4. The number of hydrogen-bond acceptors (Lipinski definition) is 5. The van der Waals surface area contributed by atoms with Gasteiger partial charge in [0.25, 0.3) is 18.2 Å². The number of halogens is 4. The van der Waals surface area contributed by atoms with Crippen molar-refractivity contribution in [3.63, 3.8) is 0 Å². The maximum Gasteiger partial charge on any atom is 0.280 e. The van der Waals surface area contributed by atoms with Crippen LogP contribution < -0.4 is 4.90 Å². The van der Waals surface area contributed by atoms with Gasteiger partial charge < -0.3 is 19.8 Å². The Morgan fingerprint density at radius 2 is 1.67 bits per heavy atom. The number of rotatable bonds is 7. The molecular formula is C28H34Cl2F2N4O3. The highest BCUT2D eigenvalue weighted by molar-refractivity contribution is 6.32. The molecule has 4 rings (SSSR count). The number of alkyl halides is 2. The molecule has 11 heteroatoms. The van der Waals surface area contributed by atoms with Crippen LogP contribution in [-0.4, -0.2) is 78.4 Å². The number of benzene rings is 1. The minimum atomic E-state index is -3.28. The van der Waals surface area contributed by atoms with Gasteiger partial charge in [-0.1, -0.05) is 35.3 Å². The topological polar surface area (TPSA) is 77.0 Å². The lowest BCUT2D eigenvalue weighted by atomic mass is 9.82. The van der Waals surface area contributed by atoms with Gasteiger partial charge in [-0.3, -0.25) is 9.59 Å². The maximum absolute atomic E-state index is 14.0. The van der Waals surface area contributed by atoms with E-state index in [0.717, 1.165) is 38.2 Å². The summed E-state index contributed by atoms with van der Waals surface area (Å²) in [6.07, 6.45) is 1.11. The largest absolute Gasteiger partial charge is 0.371 e. The molecule has 0 unspecified atom stereocenters. The van der Waals surface area contributed by atoms with E-state index in [9.17, 15) is 23.5 Å². The van der Waals surface area contributed by atoms with Gasteiger partial charge in [0.1, 0.15) is 11.0 Å². The summed E-state index contributed by atoms with van der Waals surface area (Å²) >= 11 is 12.2. The number of likely N-dealkylation sites (tertiary alicyclic amines) is 1. The second-order valence-corrected chi connectivity index (χ2v) is 11.5. The Bertz CT molecular complexity index is 1190. The summed E-state index contributed by atoms with van der Waals surface area (Å²) in [6.45, 7) is 2.32. The fourth-order valence-corrected chi connectivity index (χ4v) is 5.97. The first-order chi connectivity index (χ1) is 18.5. The number of hydrogen-bond donors (Lipinski definition) is 1. The molecule has 1 aromatic carbocycles. The number of carbonyl (C=O) groups is 2. The number of piperidine rings is 2. The van der Waals surface area contributed by atoms with Crippen molar-refractivity contribution >= 4 is 40.8 Å². The Balaban J connectivity index is 1.28. The van der Waals surface area contributed by atoms with Crippen LogP contribution in [0.15, 0.2) is 36.4 Å². The summed E-state index contributed by atoms with van der Waals surface area (Å²) in [5.41, 5.74) is -2.73. The Labute approximate surface area is 237 Å². The summed E-state index contributed by atoms with van der Waals surface area (Å²) in [4.78, 5) is 34.7. The normalized spacial score (nSPS) is 18.8. The monoisotopic (exact) mass is 582 g/mol. The van der Waals surface area contributed by atoms with Crippen molar-refractivity contribution in [1.29, 1.82) is 0 Å². The van der Waals surface area contributed by atoms with Gasteiger partial charge in [0.05, 0.1) is 5.56 Å². The third-order valence-corrected chi connectivity index (χ3v) is 8.41. The molecule has 2 amide bonds. The highest BCUT2D eigenvalue weighted by Gasteiger charge is 2.50. The van der Waals surface area contributed by atoms with Gasteiger partial charge in [0.2, 0.25) is 5.60 Å². The summed E-state index contributed by atoms with van der Waals surface area (Å²) in [5, 5.41) is 11.2. The summed E-state index contributed by atoms with van der Waals surface area (Å²) in [6, 6.07) is 9.02. The molecule has 39 heavy (non-hydrogen) atoms. The fourth-order valence-electron chi connectivity index (χ4n) is 5.55. The van der Waals surface area contributed by atoms with Crippen LogP contribution in [0.5, 0.6) is 0 Å². The number of aliphatic hydroxyl groups is 1. The number of pyridine rings is 1. The first-order valence-corrected chi connectivity index (χ1v) is 13.9. The molecular weight excluding hydrogens is 549 g/mol. The van der Waals surface area contributed by atoms with Crippen LogP contribution in [0.2, 0.25) is 10.2 Å². The molecule has 1 atom stereocenters. The highest BCUT2D eigenvalue weighted by Crippen LogP contribution is 2.36. The molecule has 1 aromatic heterocycles. The van der Waals surface area contributed by atoms with E-state index >= 15 is 0 Å². The van der Waals surface area contributed by atoms with Gasteiger partial charge in [-0.25, -0.2) is 13.8 Å². The third-order valence-electron chi connectivity index (χ3n) is 7.88. The molecule has 2 fully saturated rings. The average molecular weight is 584 g/mol. The molecule has 2 aromatic rings. The molecule has 1 N–H and O–H groups in total. The first-order valence-electron chi connectivity index (χ1n) is 13.2. The number of aromatic nitrogens is 1. The Kier molecular flexibility index (Phi) is 9.34. The van der Waals surface area contributed by atoms with E-state index in [1.165, 1.54) is 34.1 Å². The predicted molar refractivity (Wildman–Crippen MR) is 147 cm³/mol. The Morgan fingerprint density at radius 1 is 1.05 bits per heavy atom. The molecule has 0 aliphatic carbocycles. The van der Waals surface area contributed by atoms with E-state index < -0.39 is 17.9 Å². The predicted octanol–water partition coefficient (Wildman–Crippen LogP) is 5.09. The molecule has 2 aliphatic heterocycles. The molecule has 3 heterocycles. The Hall–Kier alpha value is -2.49. The van der Waals surface area contributed by atoms with Gasteiger partial charge in [0.15, 0.2) is 0 Å². The van der Waals surface area contributed by atoms with E-state index in [0.29, 0.717) is 43.3 Å². The lowest BCUT2D eigenvalue weighted by Crippen LogP contribution is -2.53.